The van der Waals surface area contributed by atoms with E-state index in [-0.39, 0.29) is 5.91 Å². The van der Waals surface area contributed by atoms with Crippen LogP contribution in [0.1, 0.15) is 31.2 Å². The molecule has 3 heteroatoms. The van der Waals surface area contributed by atoms with Gasteiger partial charge in [-0.15, -0.1) is 0 Å². The largest absolute Gasteiger partial charge is 0.307 e. The third kappa shape index (κ3) is 4.42. The highest BCUT2D eigenvalue weighted by Crippen LogP contribution is 2.19. The molecule has 2 aromatic carbocycles. The van der Waals surface area contributed by atoms with Crippen LogP contribution in [0.5, 0.6) is 0 Å². The predicted molar refractivity (Wildman–Crippen MR) is 94.3 cm³/mol. The van der Waals surface area contributed by atoms with E-state index < -0.39 is 0 Å². The quantitative estimate of drug-likeness (QED) is 0.881. The standard InChI is InChI=1S/C20H24N2O/c23-20(15-21-18-11-7-8-12-18)22(19-13-5-2-6-14-19)16-17-9-3-1-4-10-17/h1-6,9-10,13-14,18,21H,7-8,11-12,15-16H2. The molecular weight excluding hydrogens is 284 g/mol. The molecule has 3 rings (SSSR count). The number of anilines is 1. The molecule has 1 amide bonds. The van der Waals surface area contributed by atoms with Crippen LogP contribution in [0.3, 0.4) is 0 Å². The number of carbonyl (C=O) groups is 1. The Kier molecular flexibility index (Phi) is 5.43. The van der Waals surface area contributed by atoms with Gasteiger partial charge in [-0.25, -0.2) is 0 Å². The Labute approximate surface area is 138 Å². The Morgan fingerprint density at radius 2 is 1.57 bits per heavy atom. The van der Waals surface area contributed by atoms with E-state index in [0.717, 1.165) is 11.3 Å². The molecule has 1 N–H and O–H groups in total. The van der Waals surface area contributed by atoms with Crippen LogP contribution in [0, 0.1) is 0 Å². The second-order valence-electron chi connectivity index (χ2n) is 6.16. The second kappa shape index (κ2) is 7.93. The van der Waals surface area contributed by atoms with E-state index in [2.05, 4.69) is 17.4 Å². The topological polar surface area (TPSA) is 32.3 Å². The lowest BCUT2D eigenvalue weighted by Crippen LogP contribution is -2.40. The smallest absolute Gasteiger partial charge is 0.241 e. The van der Waals surface area contributed by atoms with Gasteiger partial charge in [0.2, 0.25) is 5.91 Å². The summed E-state index contributed by atoms with van der Waals surface area (Å²) in [6, 6.07) is 20.6. The molecule has 120 valence electrons. The lowest BCUT2D eigenvalue weighted by molar-refractivity contribution is -0.118. The van der Waals surface area contributed by atoms with Crippen LogP contribution < -0.4 is 10.2 Å². The normalized spacial score (nSPS) is 14.8. The molecular formula is C20H24N2O. The zero-order valence-electron chi connectivity index (χ0n) is 13.4. The Morgan fingerprint density at radius 1 is 0.957 bits per heavy atom. The predicted octanol–water partition coefficient (Wildman–Crippen LogP) is 3.75. The summed E-state index contributed by atoms with van der Waals surface area (Å²) in [6.07, 6.45) is 4.94. The van der Waals surface area contributed by atoms with Gasteiger partial charge in [0, 0.05) is 11.7 Å². The minimum absolute atomic E-state index is 0.131. The van der Waals surface area contributed by atoms with Crippen molar-refractivity contribution in [2.24, 2.45) is 0 Å². The number of carbonyl (C=O) groups excluding carboxylic acids is 1. The maximum absolute atomic E-state index is 12.8. The van der Waals surface area contributed by atoms with E-state index in [1.807, 2.05) is 53.4 Å². The van der Waals surface area contributed by atoms with Crippen LogP contribution in [0.2, 0.25) is 0 Å². The van der Waals surface area contributed by atoms with Crippen molar-refractivity contribution in [1.29, 1.82) is 0 Å². The third-order valence-electron chi connectivity index (χ3n) is 4.45. The molecule has 0 heterocycles. The number of para-hydroxylation sites is 1. The fourth-order valence-electron chi connectivity index (χ4n) is 3.15. The summed E-state index contributed by atoms with van der Waals surface area (Å²) in [6.45, 7) is 1.02. The maximum atomic E-state index is 12.8. The lowest BCUT2D eigenvalue weighted by Gasteiger charge is -2.24. The van der Waals surface area contributed by atoms with E-state index in [1.165, 1.54) is 25.7 Å². The molecule has 0 radical (unpaired) electrons. The first kappa shape index (κ1) is 15.8. The zero-order chi connectivity index (χ0) is 15.9. The fourth-order valence-corrected chi connectivity index (χ4v) is 3.15. The first-order valence-corrected chi connectivity index (χ1v) is 8.45. The molecule has 1 saturated carbocycles. The van der Waals surface area contributed by atoms with Gasteiger partial charge in [-0.1, -0.05) is 61.4 Å². The van der Waals surface area contributed by atoms with Crippen LogP contribution in [-0.2, 0) is 11.3 Å². The minimum Gasteiger partial charge on any atom is -0.307 e. The maximum Gasteiger partial charge on any atom is 0.241 e. The fraction of sp³-hybridized carbons (Fsp3) is 0.350. The van der Waals surface area contributed by atoms with Gasteiger partial charge >= 0.3 is 0 Å². The second-order valence-corrected chi connectivity index (χ2v) is 6.16. The van der Waals surface area contributed by atoms with Gasteiger partial charge < -0.3 is 10.2 Å². The Balaban J connectivity index is 1.70. The van der Waals surface area contributed by atoms with E-state index in [1.54, 1.807) is 0 Å². The van der Waals surface area contributed by atoms with Crippen molar-refractivity contribution >= 4 is 11.6 Å². The zero-order valence-corrected chi connectivity index (χ0v) is 13.4. The summed E-state index contributed by atoms with van der Waals surface area (Å²) in [7, 11) is 0. The highest BCUT2D eigenvalue weighted by atomic mass is 16.2. The van der Waals surface area contributed by atoms with Crippen molar-refractivity contribution in [3.8, 4) is 0 Å². The molecule has 0 atom stereocenters. The van der Waals surface area contributed by atoms with E-state index >= 15 is 0 Å². The molecule has 0 saturated heterocycles. The number of nitrogens with zero attached hydrogens (tertiary/aromatic N) is 1. The lowest BCUT2D eigenvalue weighted by atomic mass is 10.2. The summed E-state index contributed by atoms with van der Waals surface area (Å²) in [5.41, 5.74) is 2.10. The van der Waals surface area contributed by atoms with Crippen LogP contribution >= 0.6 is 0 Å². The van der Waals surface area contributed by atoms with Crippen molar-refractivity contribution in [1.82, 2.24) is 5.32 Å². The van der Waals surface area contributed by atoms with Gasteiger partial charge in [-0.2, -0.15) is 0 Å². The van der Waals surface area contributed by atoms with Gasteiger partial charge in [-0.05, 0) is 30.5 Å². The van der Waals surface area contributed by atoms with Crippen molar-refractivity contribution in [3.05, 3.63) is 66.2 Å². The number of hydrogen-bond acceptors (Lipinski definition) is 2. The molecule has 1 fully saturated rings. The average molecular weight is 308 g/mol. The minimum atomic E-state index is 0.131. The molecule has 0 aromatic heterocycles. The molecule has 2 aromatic rings. The first-order valence-electron chi connectivity index (χ1n) is 8.45. The van der Waals surface area contributed by atoms with Crippen molar-refractivity contribution in [3.63, 3.8) is 0 Å². The summed E-state index contributed by atoms with van der Waals surface area (Å²) < 4.78 is 0. The van der Waals surface area contributed by atoms with Gasteiger partial charge in [-0.3, -0.25) is 4.79 Å². The van der Waals surface area contributed by atoms with Crippen LogP contribution in [-0.4, -0.2) is 18.5 Å². The summed E-state index contributed by atoms with van der Waals surface area (Å²) in [5, 5.41) is 3.43. The monoisotopic (exact) mass is 308 g/mol. The first-order chi connectivity index (χ1) is 11.3. The van der Waals surface area contributed by atoms with Crippen molar-refractivity contribution in [2.45, 2.75) is 38.3 Å². The molecule has 23 heavy (non-hydrogen) atoms. The number of amides is 1. The van der Waals surface area contributed by atoms with E-state index in [9.17, 15) is 4.79 Å². The molecule has 0 bridgehead atoms. The van der Waals surface area contributed by atoms with E-state index in [0.29, 0.717) is 19.1 Å². The Bertz CT molecular complexity index is 606. The molecule has 0 spiro atoms. The summed E-state index contributed by atoms with van der Waals surface area (Å²) in [4.78, 5) is 14.6. The molecule has 1 aliphatic carbocycles. The van der Waals surface area contributed by atoms with Gasteiger partial charge in [0.1, 0.15) is 0 Å². The van der Waals surface area contributed by atoms with Gasteiger partial charge in [0.15, 0.2) is 0 Å². The third-order valence-corrected chi connectivity index (χ3v) is 4.45. The van der Waals surface area contributed by atoms with Crippen LogP contribution in [0.15, 0.2) is 60.7 Å². The Morgan fingerprint density at radius 3 is 2.22 bits per heavy atom. The number of hydrogen-bond donors (Lipinski definition) is 1. The number of rotatable bonds is 6. The van der Waals surface area contributed by atoms with Crippen LogP contribution in [0.4, 0.5) is 5.69 Å². The highest BCUT2D eigenvalue weighted by molar-refractivity contribution is 5.94. The highest BCUT2D eigenvalue weighted by Gasteiger charge is 2.19. The molecule has 3 nitrogen and oxygen atoms in total. The van der Waals surface area contributed by atoms with Gasteiger partial charge in [0.25, 0.3) is 0 Å². The van der Waals surface area contributed by atoms with Crippen molar-refractivity contribution in [2.75, 3.05) is 11.4 Å². The molecule has 0 unspecified atom stereocenters. The van der Waals surface area contributed by atoms with Crippen LogP contribution in [0.25, 0.3) is 0 Å². The number of benzene rings is 2. The summed E-state index contributed by atoms with van der Waals surface area (Å²) >= 11 is 0. The molecule has 1 aliphatic rings. The summed E-state index contributed by atoms with van der Waals surface area (Å²) in [5.74, 6) is 0.131. The van der Waals surface area contributed by atoms with Gasteiger partial charge in [0.05, 0.1) is 13.1 Å². The molecule has 0 aliphatic heterocycles. The van der Waals surface area contributed by atoms with E-state index in [4.69, 9.17) is 0 Å². The van der Waals surface area contributed by atoms with Crippen molar-refractivity contribution < 1.29 is 4.79 Å². The SMILES string of the molecule is O=C(CNC1CCCC1)N(Cc1ccccc1)c1ccccc1. The Hall–Kier alpha value is -2.13. The number of nitrogens with one attached hydrogen (secondary N) is 1. The average Bonchev–Trinajstić information content (AvgIpc) is 3.13.